The van der Waals surface area contributed by atoms with E-state index in [0.717, 1.165) is 22.4 Å². The second kappa shape index (κ2) is 6.98. The van der Waals surface area contributed by atoms with Gasteiger partial charge in [-0.3, -0.25) is 4.98 Å². The zero-order chi connectivity index (χ0) is 12.4. The van der Waals surface area contributed by atoms with Gasteiger partial charge in [-0.1, -0.05) is 6.07 Å². The van der Waals surface area contributed by atoms with Crippen molar-refractivity contribution < 1.29 is 0 Å². The number of pyridine rings is 1. The second-order valence-electron chi connectivity index (χ2n) is 4.01. The summed E-state index contributed by atoms with van der Waals surface area (Å²) < 4.78 is 0. The van der Waals surface area contributed by atoms with Crippen LogP contribution in [0.2, 0.25) is 0 Å². The summed E-state index contributed by atoms with van der Waals surface area (Å²) in [6, 6.07) is 11.5. The summed E-state index contributed by atoms with van der Waals surface area (Å²) in [5.41, 5.74) is 3.34. The zero-order valence-electron chi connectivity index (χ0n) is 10.4. The highest BCUT2D eigenvalue weighted by Gasteiger charge is 2.00. The SMILES string of the molecule is Cl.Cl.O=c1[nH]c2ccc(NCc3ccccn3)cc2[nH]1. The highest BCUT2D eigenvalue weighted by atomic mass is 35.5. The Bertz CT molecular complexity index is 724. The van der Waals surface area contributed by atoms with Gasteiger partial charge in [0.1, 0.15) is 0 Å². The number of hydrogen-bond acceptors (Lipinski definition) is 3. The zero-order valence-corrected chi connectivity index (χ0v) is 12.1. The van der Waals surface area contributed by atoms with Gasteiger partial charge in [0.15, 0.2) is 0 Å². The number of aromatic amines is 2. The Hall–Kier alpha value is -1.98. The third-order valence-corrected chi connectivity index (χ3v) is 2.72. The maximum absolute atomic E-state index is 11.1. The predicted octanol–water partition coefficient (Wildman–Crippen LogP) is 2.71. The van der Waals surface area contributed by atoms with Crippen molar-refractivity contribution in [3.63, 3.8) is 0 Å². The van der Waals surface area contributed by atoms with E-state index in [2.05, 4.69) is 20.3 Å². The van der Waals surface area contributed by atoms with E-state index in [1.807, 2.05) is 36.4 Å². The molecule has 0 aliphatic heterocycles. The molecule has 0 radical (unpaired) electrons. The van der Waals surface area contributed by atoms with Crippen molar-refractivity contribution in [1.29, 1.82) is 0 Å². The van der Waals surface area contributed by atoms with E-state index in [-0.39, 0.29) is 30.5 Å². The Balaban J connectivity index is 0.000001000. The number of nitrogens with one attached hydrogen (secondary N) is 3. The highest BCUT2D eigenvalue weighted by molar-refractivity contribution is 5.85. The maximum atomic E-state index is 11.1. The van der Waals surface area contributed by atoms with Gasteiger partial charge >= 0.3 is 5.69 Å². The van der Waals surface area contributed by atoms with E-state index in [4.69, 9.17) is 0 Å². The van der Waals surface area contributed by atoms with Gasteiger partial charge in [-0.05, 0) is 30.3 Å². The van der Waals surface area contributed by atoms with Crippen molar-refractivity contribution in [3.8, 4) is 0 Å². The lowest BCUT2D eigenvalue weighted by molar-refractivity contribution is 1.05. The van der Waals surface area contributed by atoms with E-state index < -0.39 is 0 Å². The molecule has 0 amide bonds. The molecular weight excluding hydrogens is 299 g/mol. The second-order valence-corrected chi connectivity index (χ2v) is 4.01. The monoisotopic (exact) mass is 312 g/mol. The molecule has 0 aliphatic rings. The van der Waals surface area contributed by atoms with Crippen molar-refractivity contribution in [2.45, 2.75) is 6.54 Å². The maximum Gasteiger partial charge on any atom is 0.323 e. The number of hydrogen-bond donors (Lipinski definition) is 3. The minimum atomic E-state index is -0.188. The number of halogens is 2. The molecule has 1 aromatic carbocycles. The van der Waals surface area contributed by atoms with Crippen molar-refractivity contribution in [3.05, 3.63) is 58.8 Å². The molecule has 0 bridgehead atoms. The molecule has 106 valence electrons. The molecule has 0 saturated carbocycles. The van der Waals surface area contributed by atoms with Crippen LogP contribution in [0, 0.1) is 0 Å². The average molecular weight is 313 g/mol. The van der Waals surface area contributed by atoms with Crippen LogP contribution in [0.5, 0.6) is 0 Å². The molecule has 3 aromatic rings. The molecular formula is C13H14Cl2N4O. The first-order valence-corrected chi connectivity index (χ1v) is 5.67. The van der Waals surface area contributed by atoms with Crippen LogP contribution in [-0.2, 0) is 6.54 Å². The van der Waals surface area contributed by atoms with Crippen LogP contribution in [0.1, 0.15) is 5.69 Å². The Morgan fingerprint density at radius 3 is 2.60 bits per heavy atom. The highest BCUT2D eigenvalue weighted by Crippen LogP contribution is 2.15. The van der Waals surface area contributed by atoms with Crippen molar-refractivity contribution in [2.75, 3.05) is 5.32 Å². The molecule has 0 atom stereocenters. The number of rotatable bonds is 3. The van der Waals surface area contributed by atoms with Crippen LogP contribution in [0.15, 0.2) is 47.4 Å². The molecule has 0 aliphatic carbocycles. The fourth-order valence-corrected chi connectivity index (χ4v) is 1.84. The number of benzene rings is 1. The lowest BCUT2D eigenvalue weighted by Crippen LogP contribution is -2.00. The predicted molar refractivity (Wildman–Crippen MR) is 85.0 cm³/mol. The Labute approximate surface area is 127 Å². The molecule has 5 nitrogen and oxygen atoms in total. The summed E-state index contributed by atoms with van der Waals surface area (Å²) in [6.45, 7) is 0.654. The lowest BCUT2D eigenvalue weighted by Gasteiger charge is -2.05. The molecule has 2 heterocycles. The van der Waals surface area contributed by atoms with Crippen LogP contribution in [0.4, 0.5) is 5.69 Å². The number of aromatic nitrogens is 3. The van der Waals surface area contributed by atoms with Gasteiger partial charge in [0.05, 0.1) is 23.3 Å². The van der Waals surface area contributed by atoms with E-state index in [1.54, 1.807) is 6.20 Å². The Morgan fingerprint density at radius 2 is 1.85 bits per heavy atom. The van der Waals surface area contributed by atoms with Gasteiger partial charge in [-0.2, -0.15) is 0 Å². The summed E-state index contributed by atoms with van der Waals surface area (Å²) in [5.74, 6) is 0. The van der Waals surface area contributed by atoms with Gasteiger partial charge in [0, 0.05) is 11.9 Å². The summed E-state index contributed by atoms with van der Waals surface area (Å²) in [5, 5.41) is 3.26. The number of imidazole rings is 1. The van der Waals surface area contributed by atoms with E-state index in [1.165, 1.54) is 0 Å². The number of anilines is 1. The standard InChI is InChI=1S/C13H12N4O.2ClH/c18-13-16-11-5-4-9(7-12(11)17-13)15-8-10-3-1-2-6-14-10;;/h1-7,15H,8H2,(H2,16,17,18);2*1H. The topological polar surface area (TPSA) is 73.6 Å². The van der Waals surface area contributed by atoms with Crippen molar-refractivity contribution in [2.24, 2.45) is 0 Å². The summed E-state index contributed by atoms with van der Waals surface area (Å²) in [4.78, 5) is 20.8. The molecule has 20 heavy (non-hydrogen) atoms. The fourth-order valence-electron chi connectivity index (χ4n) is 1.84. The molecule has 2 aromatic heterocycles. The van der Waals surface area contributed by atoms with Gasteiger partial charge in [-0.25, -0.2) is 4.79 Å². The first-order valence-electron chi connectivity index (χ1n) is 5.67. The van der Waals surface area contributed by atoms with E-state index in [0.29, 0.717) is 6.54 Å². The molecule has 0 spiro atoms. The minimum Gasteiger partial charge on any atom is -0.379 e. The molecule has 3 rings (SSSR count). The van der Waals surface area contributed by atoms with Crippen LogP contribution >= 0.6 is 24.8 Å². The Kier molecular flexibility index (Phi) is 5.61. The van der Waals surface area contributed by atoms with Gasteiger partial charge in [0.25, 0.3) is 0 Å². The molecule has 0 saturated heterocycles. The first-order chi connectivity index (χ1) is 8.81. The summed E-state index contributed by atoms with van der Waals surface area (Å²) in [7, 11) is 0. The number of nitrogens with zero attached hydrogens (tertiary/aromatic N) is 1. The average Bonchev–Trinajstić information content (AvgIpc) is 2.77. The summed E-state index contributed by atoms with van der Waals surface area (Å²) >= 11 is 0. The smallest absolute Gasteiger partial charge is 0.323 e. The van der Waals surface area contributed by atoms with E-state index >= 15 is 0 Å². The van der Waals surface area contributed by atoms with Crippen LogP contribution in [-0.4, -0.2) is 15.0 Å². The van der Waals surface area contributed by atoms with Gasteiger partial charge in [0.2, 0.25) is 0 Å². The summed E-state index contributed by atoms with van der Waals surface area (Å²) in [6.07, 6.45) is 1.77. The minimum absolute atomic E-state index is 0. The van der Waals surface area contributed by atoms with Crippen LogP contribution in [0.3, 0.4) is 0 Å². The van der Waals surface area contributed by atoms with E-state index in [9.17, 15) is 4.79 Å². The third kappa shape index (κ3) is 3.53. The fraction of sp³-hybridized carbons (Fsp3) is 0.0769. The largest absolute Gasteiger partial charge is 0.379 e. The quantitative estimate of drug-likeness (QED) is 0.696. The van der Waals surface area contributed by atoms with Crippen LogP contribution < -0.4 is 11.0 Å². The third-order valence-electron chi connectivity index (χ3n) is 2.72. The first kappa shape index (κ1) is 16.1. The lowest BCUT2D eigenvalue weighted by atomic mass is 10.2. The molecule has 7 heteroatoms. The van der Waals surface area contributed by atoms with Gasteiger partial charge in [-0.15, -0.1) is 24.8 Å². The Morgan fingerprint density at radius 1 is 1.05 bits per heavy atom. The number of H-pyrrole nitrogens is 2. The normalized spacial score (nSPS) is 9.60. The number of fused-ring (bicyclic) bond motifs is 1. The molecule has 0 unspecified atom stereocenters. The van der Waals surface area contributed by atoms with Crippen LogP contribution in [0.25, 0.3) is 11.0 Å². The molecule has 3 N–H and O–H groups in total. The van der Waals surface area contributed by atoms with Gasteiger partial charge < -0.3 is 15.3 Å². The molecule has 0 fully saturated rings. The van der Waals surface area contributed by atoms with Crippen molar-refractivity contribution in [1.82, 2.24) is 15.0 Å². The van der Waals surface area contributed by atoms with Crippen molar-refractivity contribution >= 4 is 41.5 Å².